The third-order valence-electron chi connectivity index (χ3n) is 6.73. The Balaban J connectivity index is 1.44. The molecule has 4 rings (SSSR count). The Hall–Kier alpha value is -3.61. The smallest absolute Gasteiger partial charge is 0.258 e. The summed E-state index contributed by atoms with van der Waals surface area (Å²) in [5, 5.41) is 5.15. The van der Waals surface area contributed by atoms with Gasteiger partial charge < -0.3 is 20.6 Å². The summed E-state index contributed by atoms with van der Waals surface area (Å²) in [5.41, 5.74) is 7.60. The van der Waals surface area contributed by atoms with Crippen molar-refractivity contribution in [3.63, 3.8) is 0 Å². The highest BCUT2D eigenvalue weighted by molar-refractivity contribution is 6.98. The van der Waals surface area contributed by atoms with E-state index in [9.17, 15) is 9.19 Å². The van der Waals surface area contributed by atoms with Gasteiger partial charge in [0.2, 0.25) is 0 Å². The van der Waals surface area contributed by atoms with Crippen molar-refractivity contribution >= 4 is 30.1 Å². The maximum Gasteiger partial charge on any atom is 0.258 e. The molecule has 6 heteroatoms. The summed E-state index contributed by atoms with van der Waals surface area (Å²) in [4.78, 5) is 12.3. The number of benzene rings is 4. The number of nitrogens with one attached hydrogen (secondary N) is 1. The van der Waals surface area contributed by atoms with Crippen molar-refractivity contribution < 1.29 is 13.9 Å². The van der Waals surface area contributed by atoms with Crippen LogP contribution in [0.2, 0.25) is 5.04 Å². The molecule has 0 aliphatic heterocycles. The number of rotatable bonds is 10. The van der Waals surface area contributed by atoms with Crippen molar-refractivity contribution in [2.45, 2.75) is 31.7 Å². The van der Waals surface area contributed by atoms with Gasteiger partial charge in [-0.3, -0.25) is 0 Å². The minimum Gasteiger partial charge on any atom is -0.457 e. The Labute approximate surface area is 213 Å². The van der Waals surface area contributed by atoms with Gasteiger partial charge in [-0.15, -0.1) is 0 Å². The molecule has 0 aliphatic rings. The third-order valence-corrected chi connectivity index (χ3v) is 11.3. The number of nitrogen functional groups attached to an aromatic ring is 1. The lowest BCUT2D eigenvalue weighted by molar-refractivity contribution is 0.461. The number of halogens is 1. The molecule has 0 fully saturated rings. The van der Waals surface area contributed by atoms with Gasteiger partial charge in [-0.25, -0.2) is 4.39 Å². The van der Waals surface area contributed by atoms with E-state index in [0.29, 0.717) is 23.7 Å². The minimum atomic E-state index is -3.02. The second-order valence-electron chi connectivity index (χ2n) is 9.66. The molecule has 186 valence electrons. The van der Waals surface area contributed by atoms with Crippen molar-refractivity contribution in [3.05, 3.63) is 109 Å². The van der Waals surface area contributed by atoms with Crippen molar-refractivity contribution in [3.8, 4) is 11.5 Å². The fourth-order valence-electron chi connectivity index (χ4n) is 4.63. The summed E-state index contributed by atoms with van der Waals surface area (Å²) in [7, 11) is -3.02. The quantitative estimate of drug-likeness (QED) is 0.144. The second-order valence-corrected chi connectivity index (χ2v) is 13.6. The van der Waals surface area contributed by atoms with Gasteiger partial charge in [0, 0.05) is 12.6 Å². The molecule has 36 heavy (non-hydrogen) atoms. The normalized spacial score (nSPS) is 11.8. The van der Waals surface area contributed by atoms with Gasteiger partial charge in [-0.2, -0.15) is 0 Å². The summed E-state index contributed by atoms with van der Waals surface area (Å²) in [5.74, 6) is 0.868. The molecule has 4 nitrogen and oxygen atoms in total. The molecule has 0 saturated carbocycles. The standard InChI is InChI=1S/C30H33FN2O2Si/c1-30(2,36(34,26-10-5-3-6-11-26)27-12-7-4-8-13-27)20-9-21-33-29-22-25(18-19-28(29)32)35-24-16-14-23(31)15-17-24/h3-8,10-19,22,33-34H,9,20-21,32H2,1-2H3. The fourth-order valence-corrected chi connectivity index (χ4v) is 8.42. The molecular weight excluding hydrogens is 467 g/mol. The maximum atomic E-state index is 13.2. The van der Waals surface area contributed by atoms with E-state index in [0.717, 1.165) is 28.9 Å². The fraction of sp³-hybridized carbons (Fsp3) is 0.200. The summed E-state index contributed by atoms with van der Waals surface area (Å²) < 4.78 is 19.0. The number of anilines is 2. The second kappa shape index (κ2) is 11.0. The molecular formula is C30H33FN2O2Si. The summed E-state index contributed by atoms with van der Waals surface area (Å²) in [6.07, 6.45) is 1.68. The first-order valence-electron chi connectivity index (χ1n) is 12.2. The van der Waals surface area contributed by atoms with Crippen LogP contribution in [-0.2, 0) is 0 Å². The van der Waals surface area contributed by atoms with Crippen LogP contribution in [0.4, 0.5) is 15.8 Å². The van der Waals surface area contributed by atoms with E-state index in [2.05, 4.69) is 19.2 Å². The van der Waals surface area contributed by atoms with Gasteiger partial charge in [0.05, 0.1) is 11.4 Å². The zero-order chi connectivity index (χ0) is 25.6. The van der Waals surface area contributed by atoms with Crippen LogP contribution in [0.5, 0.6) is 11.5 Å². The average molecular weight is 501 g/mol. The van der Waals surface area contributed by atoms with Gasteiger partial charge in [-0.1, -0.05) is 74.5 Å². The van der Waals surface area contributed by atoms with Gasteiger partial charge in [0.25, 0.3) is 8.32 Å². The molecule has 0 saturated heterocycles. The van der Waals surface area contributed by atoms with E-state index in [1.165, 1.54) is 12.1 Å². The van der Waals surface area contributed by atoms with Crippen LogP contribution >= 0.6 is 0 Å². The molecule has 0 amide bonds. The Bertz CT molecular complexity index is 1230. The largest absolute Gasteiger partial charge is 0.457 e. The predicted molar refractivity (Wildman–Crippen MR) is 149 cm³/mol. The van der Waals surface area contributed by atoms with Crippen LogP contribution in [0.25, 0.3) is 0 Å². The first kappa shape index (κ1) is 25.5. The van der Waals surface area contributed by atoms with Crippen LogP contribution in [-0.4, -0.2) is 19.7 Å². The van der Waals surface area contributed by atoms with Gasteiger partial charge in [0.15, 0.2) is 0 Å². The van der Waals surface area contributed by atoms with Crippen molar-refractivity contribution in [2.75, 3.05) is 17.6 Å². The van der Waals surface area contributed by atoms with E-state index in [1.54, 1.807) is 24.3 Å². The summed E-state index contributed by atoms with van der Waals surface area (Å²) >= 11 is 0. The Morgan fingerprint density at radius 3 is 1.97 bits per heavy atom. The van der Waals surface area contributed by atoms with E-state index in [-0.39, 0.29) is 10.9 Å². The molecule has 0 radical (unpaired) electrons. The lowest BCUT2D eigenvalue weighted by atomic mass is 10.1. The molecule has 0 atom stereocenters. The highest BCUT2D eigenvalue weighted by Gasteiger charge is 2.49. The monoisotopic (exact) mass is 500 g/mol. The number of nitrogens with two attached hydrogens (primary N) is 1. The highest BCUT2D eigenvalue weighted by atomic mass is 28.4. The molecule has 0 aromatic heterocycles. The zero-order valence-corrected chi connectivity index (χ0v) is 21.7. The molecule has 0 unspecified atom stereocenters. The topological polar surface area (TPSA) is 67.5 Å². The molecule has 4 aromatic carbocycles. The lowest BCUT2D eigenvalue weighted by Gasteiger charge is -2.41. The SMILES string of the molecule is CC(C)(CCCNc1cc(Oc2ccc(F)cc2)ccc1N)[Si](O)(c1ccccc1)c1ccccc1. The first-order valence-corrected chi connectivity index (χ1v) is 14.1. The minimum absolute atomic E-state index is 0.306. The van der Waals surface area contributed by atoms with Crippen molar-refractivity contribution in [1.29, 1.82) is 0 Å². The Kier molecular flexibility index (Phi) is 7.77. The Morgan fingerprint density at radius 1 is 0.833 bits per heavy atom. The van der Waals surface area contributed by atoms with E-state index in [4.69, 9.17) is 10.5 Å². The van der Waals surface area contributed by atoms with Crippen molar-refractivity contribution in [2.24, 2.45) is 0 Å². The van der Waals surface area contributed by atoms with Crippen LogP contribution in [0.1, 0.15) is 26.7 Å². The zero-order valence-electron chi connectivity index (χ0n) is 20.7. The van der Waals surface area contributed by atoms with E-state index in [1.807, 2.05) is 66.7 Å². The van der Waals surface area contributed by atoms with E-state index < -0.39 is 8.32 Å². The predicted octanol–water partition coefficient (Wildman–Crippen LogP) is 5.92. The molecule has 4 aromatic rings. The van der Waals surface area contributed by atoms with Gasteiger partial charge >= 0.3 is 0 Å². The van der Waals surface area contributed by atoms with Gasteiger partial charge in [0.1, 0.15) is 17.3 Å². The molecule has 0 spiro atoms. The van der Waals surface area contributed by atoms with Gasteiger partial charge in [-0.05, 0) is 64.7 Å². The molecule has 4 N–H and O–H groups in total. The first-order chi connectivity index (χ1) is 17.3. The number of hydrogen-bond acceptors (Lipinski definition) is 4. The van der Waals surface area contributed by atoms with Crippen molar-refractivity contribution in [1.82, 2.24) is 0 Å². The summed E-state index contributed by atoms with van der Waals surface area (Å²) in [6.45, 7) is 5.04. The van der Waals surface area contributed by atoms with Crippen LogP contribution in [0.3, 0.4) is 0 Å². The lowest BCUT2D eigenvalue weighted by Crippen LogP contribution is -2.65. The average Bonchev–Trinajstić information content (AvgIpc) is 2.90. The number of hydrogen-bond donors (Lipinski definition) is 3. The van der Waals surface area contributed by atoms with Crippen LogP contribution < -0.4 is 26.2 Å². The highest BCUT2D eigenvalue weighted by Crippen LogP contribution is 2.40. The molecule has 0 aliphatic carbocycles. The van der Waals surface area contributed by atoms with E-state index >= 15 is 0 Å². The van der Waals surface area contributed by atoms with Crippen LogP contribution in [0.15, 0.2) is 103 Å². The third kappa shape index (κ3) is 5.61. The Morgan fingerprint density at radius 2 is 1.39 bits per heavy atom. The maximum absolute atomic E-state index is 13.2. The summed E-state index contributed by atoms with van der Waals surface area (Å²) in [6, 6.07) is 31.5. The molecule has 0 bridgehead atoms. The number of ether oxygens (including phenoxy) is 1. The molecule has 0 heterocycles. The van der Waals surface area contributed by atoms with Crippen LogP contribution in [0, 0.1) is 5.82 Å².